The van der Waals surface area contributed by atoms with Crippen molar-refractivity contribution in [3.63, 3.8) is 0 Å². The van der Waals surface area contributed by atoms with Crippen LogP contribution in [0, 0.1) is 19.7 Å². The zero-order valence-corrected chi connectivity index (χ0v) is 12.9. The molecule has 5 heteroatoms. The third-order valence-electron chi connectivity index (χ3n) is 3.29. The molecule has 0 aliphatic heterocycles. The number of para-hydroxylation sites is 1. The van der Waals surface area contributed by atoms with Crippen molar-refractivity contribution in [1.29, 1.82) is 0 Å². The lowest BCUT2D eigenvalue weighted by atomic mass is 10.1. The van der Waals surface area contributed by atoms with Gasteiger partial charge in [0.15, 0.2) is 11.6 Å². The van der Waals surface area contributed by atoms with Gasteiger partial charge in [-0.1, -0.05) is 31.1 Å². The summed E-state index contributed by atoms with van der Waals surface area (Å²) in [5, 5.41) is 7.14. The number of hydrogen-bond donors (Lipinski definition) is 1. The Labute approximate surface area is 124 Å². The van der Waals surface area contributed by atoms with Gasteiger partial charge in [-0.2, -0.15) is 0 Å². The van der Waals surface area contributed by atoms with Crippen LogP contribution in [-0.4, -0.2) is 11.2 Å². The van der Waals surface area contributed by atoms with Crippen molar-refractivity contribution in [3.05, 3.63) is 46.6 Å². The normalized spacial score (nSPS) is 11.1. The van der Waals surface area contributed by atoms with Gasteiger partial charge in [0.2, 0.25) is 0 Å². The Morgan fingerprint density at radius 3 is 2.71 bits per heavy atom. The Balaban J connectivity index is 2.15. The van der Waals surface area contributed by atoms with E-state index in [1.807, 2.05) is 33.8 Å². The van der Waals surface area contributed by atoms with Crippen LogP contribution in [0.25, 0.3) is 0 Å². The minimum Gasteiger partial charge on any atom is -0.485 e. The van der Waals surface area contributed by atoms with E-state index in [2.05, 4.69) is 10.5 Å². The summed E-state index contributed by atoms with van der Waals surface area (Å²) in [7, 11) is 0. The van der Waals surface area contributed by atoms with Crippen LogP contribution in [0.15, 0.2) is 22.7 Å². The summed E-state index contributed by atoms with van der Waals surface area (Å²) in [5.41, 5.74) is 2.43. The molecule has 0 saturated carbocycles. The monoisotopic (exact) mass is 292 g/mol. The third kappa shape index (κ3) is 3.82. The van der Waals surface area contributed by atoms with Crippen LogP contribution < -0.4 is 10.1 Å². The summed E-state index contributed by atoms with van der Waals surface area (Å²) in [6.45, 7) is 8.57. The van der Waals surface area contributed by atoms with Crippen molar-refractivity contribution in [2.24, 2.45) is 0 Å². The molecule has 21 heavy (non-hydrogen) atoms. The van der Waals surface area contributed by atoms with E-state index >= 15 is 0 Å². The van der Waals surface area contributed by atoms with Gasteiger partial charge in [0.1, 0.15) is 12.4 Å². The predicted octanol–water partition coefficient (Wildman–Crippen LogP) is 3.51. The average Bonchev–Trinajstić information content (AvgIpc) is 2.75. The van der Waals surface area contributed by atoms with Crippen LogP contribution in [0.4, 0.5) is 4.39 Å². The van der Waals surface area contributed by atoms with Crippen molar-refractivity contribution in [3.8, 4) is 5.75 Å². The first-order valence-corrected chi connectivity index (χ1v) is 7.04. The highest BCUT2D eigenvalue weighted by molar-refractivity contribution is 5.35. The minimum atomic E-state index is -0.357. The van der Waals surface area contributed by atoms with Crippen molar-refractivity contribution in [2.75, 3.05) is 0 Å². The van der Waals surface area contributed by atoms with E-state index in [1.54, 1.807) is 6.07 Å². The fourth-order valence-corrected chi connectivity index (χ4v) is 2.02. The summed E-state index contributed by atoms with van der Waals surface area (Å²) in [5.74, 6) is 0.626. The standard InChI is InChI=1S/C16H21FN2O2/c1-10(2)18-8-13-6-5-7-15(17)16(13)20-9-14-11(3)19-21-12(14)4/h5-7,10,18H,8-9H2,1-4H3. The molecule has 114 valence electrons. The van der Waals surface area contributed by atoms with Gasteiger partial charge >= 0.3 is 0 Å². The Hall–Kier alpha value is -1.88. The van der Waals surface area contributed by atoms with Crippen molar-refractivity contribution >= 4 is 0 Å². The maximum absolute atomic E-state index is 14.0. The number of halogens is 1. The number of hydrogen-bond acceptors (Lipinski definition) is 4. The lowest BCUT2D eigenvalue weighted by Crippen LogP contribution is -2.22. The first kappa shape index (κ1) is 15.5. The molecular weight excluding hydrogens is 271 g/mol. The number of ether oxygens (including phenoxy) is 1. The summed E-state index contributed by atoms with van der Waals surface area (Å²) >= 11 is 0. The Kier molecular flexibility index (Phi) is 4.96. The molecule has 2 aromatic rings. The van der Waals surface area contributed by atoms with Gasteiger partial charge in [0.05, 0.1) is 11.3 Å². The summed E-state index contributed by atoms with van der Waals surface area (Å²) in [6.07, 6.45) is 0. The first-order chi connectivity index (χ1) is 9.99. The van der Waals surface area contributed by atoms with Gasteiger partial charge < -0.3 is 14.6 Å². The highest BCUT2D eigenvalue weighted by Gasteiger charge is 2.14. The first-order valence-electron chi connectivity index (χ1n) is 7.04. The quantitative estimate of drug-likeness (QED) is 0.885. The van der Waals surface area contributed by atoms with Gasteiger partial charge in [0.25, 0.3) is 0 Å². The highest BCUT2D eigenvalue weighted by Crippen LogP contribution is 2.25. The van der Waals surface area contributed by atoms with E-state index in [-0.39, 0.29) is 18.2 Å². The van der Waals surface area contributed by atoms with Crippen LogP contribution >= 0.6 is 0 Å². The molecule has 0 amide bonds. The second-order valence-electron chi connectivity index (χ2n) is 5.36. The van der Waals surface area contributed by atoms with E-state index in [0.717, 1.165) is 16.8 Å². The topological polar surface area (TPSA) is 47.3 Å². The van der Waals surface area contributed by atoms with Crippen molar-refractivity contribution < 1.29 is 13.7 Å². The molecule has 0 bridgehead atoms. The van der Waals surface area contributed by atoms with E-state index in [4.69, 9.17) is 9.26 Å². The molecule has 0 aliphatic carbocycles. The van der Waals surface area contributed by atoms with Gasteiger partial charge in [-0.15, -0.1) is 0 Å². The summed E-state index contributed by atoms with van der Waals surface area (Å²) in [4.78, 5) is 0. The highest BCUT2D eigenvalue weighted by atomic mass is 19.1. The Morgan fingerprint density at radius 1 is 1.33 bits per heavy atom. The zero-order chi connectivity index (χ0) is 15.4. The fourth-order valence-electron chi connectivity index (χ4n) is 2.02. The number of aryl methyl sites for hydroxylation is 2. The van der Waals surface area contributed by atoms with Gasteiger partial charge in [-0.3, -0.25) is 0 Å². The largest absolute Gasteiger partial charge is 0.485 e. The molecule has 0 atom stereocenters. The number of benzene rings is 1. The maximum Gasteiger partial charge on any atom is 0.165 e. The molecule has 0 radical (unpaired) electrons. The molecule has 1 aromatic carbocycles. The molecule has 1 heterocycles. The SMILES string of the molecule is Cc1noc(C)c1COc1c(F)cccc1CNC(C)C. The van der Waals surface area contributed by atoms with Crippen LogP contribution in [-0.2, 0) is 13.2 Å². The Bertz CT molecular complexity index is 589. The molecule has 1 aromatic heterocycles. The summed E-state index contributed by atoms with van der Waals surface area (Å²) in [6, 6.07) is 5.28. The van der Waals surface area contributed by atoms with Gasteiger partial charge in [0, 0.05) is 18.2 Å². The lowest BCUT2D eigenvalue weighted by molar-refractivity contribution is 0.282. The van der Waals surface area contributed by atoms with Crippen molar-refractivity contribution in [1.82, 2.24) is 10.5 Å². The molecule has 0 spiro atoms. The molecule has 4 nitrogen and oxygen atoms in total. The number of aromatic nitrogens is 1. The molecule has 1 N–H and O–H groups in total. The minimum absolute atomic E-state index is 0.247. The maximum atomic E-state index is 14.0. The van der Waals surface area contributed by atoms with Crippen LogP contribution in [0.3, 0.4) is 0 Å². The summed E-state index contributed by atoms with van der Waals surface area (Å²) < 4.78 is 24.8. The van der Waals surface area contributed by atoms with Gasteiger partial charge in [-0.05, 0) is 19.9 Å². The van der Waals surface area contributed by atoms with E-state index in [0.29, 0.717) is 18.3 Å². The van der Waals surface area contributed by atoms with E-state index in [9.17, 15) is 4.39 Å². The van der Waals surface area contributed by atoms with E-state index < -0.39 is 0 Å². The van der Waals surface area contributed by atoms with Crippen LogP contribution in [0.1, 0.15) is 36.4 Å². The van der Waals surface area contributed by atoms with Crippen molar-refractivity contribution in [2.45, 2.75) is 46.9 Å². The van der Waals surface area contributed by atoms with Crippen LogP contribution in [0.5, 0.6) is 5.75 Å². The molecular formula is C16H21FN2O2. The van der Waals surface area contributed by atoms with Crippen LogP contribution in [0.2, 0.25) is 0 Å². The smallest absolute Gasteiger partial charge is 0.165 e. The molecule has 0 saturated heterocycles. The third-order valence-corrected chi connectivity index (χ3v) is 3.29. The fraction of sp³-hybridized carbons (Fsp3) is 0.438. The zero-order valence-electron chi connectivity index (χ0n) is 12.9. The van der Waals surface area contributed by atoms with E-state index in [1.165, 1.54) is 6.07 Å². The molecule has 2 rings (SSSR count). The molecule has 0 fully saturated rings. The second-order valence-corrected chi connectivity index (χ2v) is 5.36. The van der Waals surface area contributed by atoms with Gasteiger partial charge in [-0.25, -0.2) is 4.39 Å². The molecule has 0 unspecified atom stereocenters. The second kappa shape index (κ2) is 6.72. The molecule has 0 aliphatic rings. The average molecular weight is 292 g/mol. The lowest BCUT2D eigenvalue weighted by Gasteiger charge is -2.14. The predicted molar refractivity (Wildman–Crippen MR) is 78.7 cm³/mol. The Morgan fingerprint density at radius 2 is 2.10 bits per heavy atom. The number of rotatable bonds is 6. The number of nitrogens with zero attached hydrogens (tertiary/aromatic N) is 1. The number of nitrogens with one attached hydrogen (secondary N) is 1.